The number of ether oxygens (including phenoxy) is 1. The first-order valence-electron chi connectivity index (χ1n) is 9.88. The van der Waals surface area contributed by atoms with Crippen LogP contribution in [0, 0.1) is 0 Å². The number of carbonyl (C=O) groups excluding carboxylic acids is 1. The van der Waals surface area contributed by atoms with Gasteiger partial charge >= 0.3 is 0 Å². The molecule has 0 spiro atoms. The third-order valence-corrected chi connectivity index (χ3v) is 8.25. The molecule has 0 saturated carbocycles. The molecule has 1 amide bonds. The molecule has 9 heteroatoms. The van der Waals surface area contributed by atoms with Crippen LogP contribution in [-0.2, 0) is 19.4 Å². The van der Waals surface area contributed by atoms with Gasteiger partial charge in [-0.25, -0.2) is 13.4 Å². The minimum Gasteiger partial charge on any atom is -0.381 e. The smallest absolute Gasteiger partial charge is 0.246 e. The zero-order chi connectivity index (χ0) is 22.1. The van der Waals surface area contributed by atoms with E-state index in [1.807, 2.05) is 32.2 Å². The van der Waals surface area contributed by atoms with Crippen LogP contribution in [0.25, 0.3) is 5.70 Å². The minimum absolute atomic E-state index is 0.213. The minimum atomic E-state index is -3.67. The number of rotatable bonds is 8. The topological polar surface area (TPSA) is 97.4 Å². The van der Waals surface area contributed by atoms with Crippen molar-refractivity contribution >= 4 is 32.8 Å². The van der Waals surface area contributed by atoms with Crippen LogP contribution in [0.2, 0.25) is 0 Å². The summed E-state index contributed by atoms with van der Waals surface area (Å²) in [5, 5.41) is 7.67. The third kappa shape index (κ3) is 6.38. The Morgan fingerprint density at radius 3 is 2.48 bits per heavy atom. The molecular formula is C20H33N3O4S2. The Bertz CT molecular complexity index is 794. The van der Waals surface area contributed by atoms with Crippen molar-refractivity contribution in [3.05, 3.63) is 35.1 Å². The molecular weight excluding hydrogens is 410 g/mol. The van der Waals surface area contributed by atoms with Crippen LogP contribution in [0.15, 0.2) is 30.1 Å². The van der Waals surface area contributed by atoms with Gasteiger partial charge in [0.2, 0.25) is 5.91 Å². The Hall–Kier alpha value is -1.71. The summed E-state index contributed by atoms with van der Waals surface area (Å²) in [5.74, 6) is -0.397. The molecule has 0 unspecified atom stereocenters. The third-order valence-electron chi connectivity index (χ3n) is 4.49. The van der Waals surface area contributed by atoms with E-state index in [9.17, 15) is 13.2 Å². The standard InChI is InChI=1S/C18H27N3O4S2.C2H6/c1-5-6-15(16-19-9-12-26-16)20-13(2)21-17(22)18(3,4)27(23,24)14-7-10-25-11-8-14;1-2/h6,9,12,14,20H,2,5,7-8,10-11H2,1,3-4H3,(H,21,22);1-2H3/b15-6+;. The number of aromatic nitrogens is 1. The number of sulfone groups is 1. The SMILES string of the molecule is C=C(NC(=O)C(C)(C)S(=O)(=O)C1CCOCC1)N/C(=C/CC)c1nccs1.CC. The first-order valence-corrected chi connectivity index (χ1v) is 12.3. The Balaban J connectivity index is 0.00000204. The van der Waals surface area contributed by atoms with Crippen molar-refractivity contribution < 1.29 is 17.9 Å². The van der Waals surface area contributed by atoms with Gasteiger partial charge in [0.25, 0.3) is 0 Å². The zero-order valence-corrected chi connectivity index (χ0v) is 19.6. The number of hydrogen-bond donors (Lipinski definition) is 2. The quantitative estimate of drug-likeness (QED) is 0.638. The van der Waals surface area contributed by atoms with Gasteiger partial charge in [-0.15, -0.1) is 11.3 Å². The average molecular weight is 444 g/mol. The van der Waals surface area contributed by atoms with Crippen molar-refractivity contribution in [1.29, 1.82) is 0 Å². The molecule has 1 aliphatic rings. The molecule has 0 aromatic carbocycles. The fourth-order valence-electron chi connectivity index (χ4n) is 2.77. The van der Waals surface area contributed by atoms with Crippen LogP contribution in [0.1, 0.15) is 58.9 Å². The van der Waals surface area contributed by atoms with Crippen molar-refractivity contribution in [3.63, 3.8) is 0 Å². The van der Waals surface area contributed by atoms with Gasteiger partial charge in [-0.3, -0.25) is 4.79 Å². The maximum Gasteiger partial charge on any atom is 0.246 e. The van der Waals surface area contributed by atoms with Crippen LogP contribution in [-0.4, -0.2) is 42.5 Å². The lowest BCUT2D eigenvalue weighted by Crippen LogP contribution is -2.52. The number of thiazole rings is 1. The number of amides is 1. The predicted molar refractivity (Wildman–Crippen MR) is 119 cm³/mol. The van der Waals surface area contributed by atoms with Crippen molar-refractivity contribution in [2.45, 2.75) is 63.9 Å². The Kier molecular flexibility index (Phi) is 10.0. The van der Waals surface area contributed by atoms with Gasteiger partial charge in [-0.1, -0.05) is 33.4 Å². The highest BCUT2D eigenvalue weighted by molar-refractivity contribution is 7.94. The van der Waals surface area contributed by atoms with E-state index < -0.39 is 25.7 Å². The summed E-state index contributed by atoms with van der Waals surface area (Å²) in [5.41, 5.74) is 0.725. The molecule has 0 aliphatic carbocycles. The second kappa shape index (κ2) is 11.5. The van der Waals surface area contributed by atoms with Gasteiger partial charge in [-0.2, -0.15) is 0 Å². The molecule has 0 atom stereocenters. The van der Waals surface area contributed by atoms with Gasteiger partial charge in [0.15, 0.2) is 9.84 Å². The molecule has 0 radical (unpaired) electrons. The van der Waals surface area contributed by atoms with E-state index in [4.69, 9.17) is 4.74 Å². The molecule has 1 aromatic rings. The van der Waals surface area contributed by atoms with Crippen LogP contribution >= 0.6 is 11.3 Å². The molecule has 7 nitrogen and oxygen atoms in total. The first-order chi connectivity index (χ1) is 13.7. The van der Waals surface area contributed by atoms with Crippen LogP contribution in [0.4, 0.5) is 0 Å². The Labute approximate surface area is 178 Å². The highest BCUT2D eigenvalue weighted by Crippen LogP contribution is 2.28. The normalized spacial score (nSPS) is 15.8. The van der Waals surface area contributed by atoms with E-state index in [-0.39, 0.29) is 5.82 Å². The number of nitrogens with one attached hydrogen (secondary N) is 2. The van der Waals surface area contributed by atoms with Crippen LogP contribution < -0.4 is 10.6 Å². The fraction of sp³-hybridized carbons (Fsp3) is 0.600. The fourth-order valence-corrected chi connectivity index (χ4v) is 5.36. The van der Waals surface area contributed by atoms with Crippen molar-refractivity contribution in [2.24, 2.45) is 0 Å². The lowest BCUT2D eigenvalue weighted by atomic mass is 10.2. The Morgan fingerprint density at radius 2 is 1.97 bits per heavy atom. The lowest BCUT2D eigenvalue weighted by molar-refractivity contribution is -0.122. The first kappa shape index (κ1) is 25.3. The summed E-state index contributed by atoms with van der Waals surface area (Å²) < 4.78 is 29.6. The summed E-state index contributed by atoms with van der Waals surface area (Å²) in [6.45, 7) is 13.5. The molecule has 2 heterocycles. The maximum atomic E-state index is 13.0. The van der Waals surface area contributed by atoms with Gasteiger partial charge in [0.1, 0.15) is 15.6 Å². The Morgan fingerprint density at radius 1 is 1.34 bits per heavy atom. The zero-order valence-electron chi connectivity index (χ0n) is 17.9. The van der Waals surface area contributed by atoms with E-state index in [1.54, 1.807) is 6.20 Å². The molecule has 1 saturated heterocycles. The van der Waals surface area contributed by atoms with E-state index in [2.05, 4.69) is 22.2 Å². The molecule has 2 N–H and O–H groups in total. The maximum absolute atomic E-state index is 13.0. The van der Waals surface area contributed by atoms with E-state index >= 15 is 0 Å². The van der Waals surface area contributed by atoms with Crippen molar-refractivity contribution in [3.8, 4) is 0 Å². The molecule has 2 rings (SSSR count). The number of hydrogen-bond acceptors (Lipinski definition) is 7. The highest BCUT2D eigenvalue weighted by atomic mass is 32.2. The monoisotopic (exact) mass is 443 g/mol. The molecule has 1 fully saturated rings. The summed E-state index contributed by atoms with van der Waals surface area (Å²) in [6, 6.07) is 0. The van der Waals surface area contributed by atoms with Gasteiger partial charge in [-0.05, 0) is 33.1 Å². The second-order valence-corrected chi connectivity index (χ2v) is 10.5. The second-order valence-electron chi connectivity index (χ2n) is 6.79. The average Bonchev–Trinajstić information content (AvgIpc) is 3.24. The summed E-state index contributed by atoms with van der Waals surface area (Å²) in [6.07, 6.45) is 5.21. The molecule has 164 valence electrons. The van der Waals surface area contributed by atoms with Crippen molar-refractivity contribution in [1.82, 2.24) is 15.6 Å². The van der Waals surface area contributed by atoms with Gasteiger partial charge in [0, 0.05) is 24.8 Å². The lowest BCUT2D eigenvalue weighted by Gasteiger charge is -2.31. The van der Waals surface area contributed by atoms with Crippen molar-refractivity contribution in [2.75, 3.05) is 13.2 Å². The van der Waals surface area contributed by atoms with Crippen LogP contribution in [0.3, 0.4) is 0 Å². The predicted octanol–water partition coefficient (Wildman–Crippen LogP) is 3.47. The number of allylic oxidation sites excluding steroid dienone is 1. The molecule has 29 heavy (non-hydrogen) atoms. The largest absolute Gasteiger partial charge is 0.381 e. The number of carbonyl (C=O) groups is 1. The summed E-state index contributed by atoms with van der Waals surface area (Å²) in [4.78, 5) is 17.0. The van der Waals surface area contributed by atoms with E-state index in [0.717, 1.165) is 17.1 Å². The summed E-state index contributed by atoms with van der Waals surface area (Å²) >= 11 is 1.46. The van der Waals surface area contributed by atoms with E-state index in [0.29, 0.717) is 26.1 Å². The molecule has 0 bridgehead atoms. The molecule has 1 aromatic heterocycles. The van der Waals surface area contributed by atoms with Gasteiger partial charge in [0.05, 0.1) is 10.9 Å². The highest BCUT2D eigenvalue weighted by Gasteiger charge is 2.46. The molecule has 1 aliphatic heterocycles. The van der Waals surface area contributed by atoms with Gasteiger partial charge < -0.3 is 15.4 Å². The summed E-state index contributed by atoms with van der Waals surface area (Å²) in [7, 11) is -3.67. The number of nitrogens with zero attached hydrogens (tertiary/aromatic N) is 1. The van der Waals surface area contributed by atoms with E-state index in [1.165, 1.54) is 25.2 Å². The van der Waals surface area contributed by atoms with Crippen LogP contribution in [0.5, 0.6) is 0 Å².